The van der Waals surface area contributed by atoms with E-state index in [1.54, 1.807) is 19.4 Å². The Morgan fingerprint density at radius 1 is 1.36 bits per heavy atom. The molecule has 1 amide bonds. The van der Waals surface area contributed by atoms with E-state index in [0.717, 1.165) is 5.56 Å². The molecule has 74 valence electrons. The van der Waals surface area contributed by atoms with E-state index < -0.39 is 11.7 Å². The van der Waals surface area contributed by atoms with Crippen LogP contribution in [0.2, 0.25) is 0 Å². The molecule has 0 radical (unpaired) electrons. The first-order valence-corrected chi connectivity index (χ1v) is 4.26. The average Bonchev–Trinajstić information content (AvgIpc) is 2.18. The summed E-state index contributed by atoms with van der Waals surface area (Å²) in [6.45, 7) is 1.70. The summed E-state index contributed by atoms with van der Waals surface area (Å²) < 4.78 is 0. The van der Waals surface area contributed by atoms with Crippen molar-refractivity contribution in [2.24, 2.45) is 0 Å². The number of hydrogen-bond acceptors (Lipinski definition) is 3. The van der Waals surface area contributed by atoms with Crippen LogP contribution < -0.4 is 0 Å². The first kappa shape index (κ1) is 10.4. The van der Waals surface area contributed by atoms with Crippen molar-refractivity contribution in [2.45, 2.75) is 13.5 Å². The number of pyridine rings is 1. The van der Waals surface area contributed by atoms with Crippen LogP contribution in [0, 0.1) is 0 Å². The van der Waals surface area contributed by atoms with Gasteiger partial charge in [0.15, 0.2) is 0 Å². The Bertz CT molecular complexity index is 335. The maximum absolute atomic E-state index is 11.2. The van der Waals surface area contributed by atoms with E-state index in [9.17, 15) is 9.59 Å². The van der Waals surface area contributed by atoms with Crippen LogP contribution in [0.25, 0.3) is 0 Å². The van der Waals surface area contributed by atoms with Gasteiger partial charge in [-0.15, -0.1) is 0 Å². The molecule has 0 atom stereocenters. The zero-order valence-electron chi connectivity index (χ0n) is 8.23. The molecule has 14 heavy (non-hydrogen) atoms. The molecule has 1 rings (SSSR count). The van der Waals surface area contributed by atoms with Crippen molar-refractivity contribution < 1.29 is 9.59 Å². The molecule has 0 N–H and O–H groups in total. The van der Waals surface area contributed by atoms with Crippen LogP contribution in [0.1, 0.15) is 12.5 Å². The highest BCUT2D eigenvalue weighted by Crippen LogP contribution is 2.01. The number of rotatable bonds is 3. The maximum atomic E-state index is 11.2. The van der Waals surface area contributed by atoms with Gasteiger partial charge in [-0.3, -0.25) is 14.6 Å². The summed E-state index contributed by atoms with van der Waals surface area (Å²) in [7, 11) is 1.60. The van der Waals surface area contributed by atoms with Crippen LogP contribution in [0.4, 0.5) is 0 Å². The third kappa shape index (κ3) is 2.65. The van der Waals surface area contributed by atoms with E-state index in [2.05, 4.69) is 4.98 Å². The van der Waals surface area contributed by atoms with Crippen LogP contribution in [-0.4, -0.2) is 28.6 Å². The van der Waals surface area contributed by atoms with E-state index in [1.807, 2.05) is 12.1 Å². The summed E-state index contributed by atoms with van der Waals surface area (Å²) in [5, 5.41) is 0. The highest BCUT2D eigenvalue weighted by Gasteiger charge is 2.13. The van der Waals surface area contributed by atoms with Gasteiger partial charge in [0.1, 0.15) is 0 Å². The quantitative estimate of drug-likeness (QED) is 0.660. The fourth-order valence-corrected chi connectivity index (χ4v) is 1.10. The third-order valence-corrected chi connectivity index (χ3v) is 1.82. The van der Waals surface area contributed by atoms with Crippen molar-refractivity contribution in [2.75, 3.05) is 7.05 Å². The molecule has 4 heteroatoms. The standard InChI is InChI=1S/C10H12N2O2/c1-8(13)10(14)12(2)7-9-3-5-11-6-4-9/h3-6H,7H2,1-2H3. The van der Waals surface area contributed by atoms with E-state index in [-0.39, 0.29) is 0 Å². The molecule has 4 nitrogen and oxygen atoms in total. The number of Topliss-reactive ketones (excluding diaryl/α,β-unsaturated/α-hetero) is 1. The summed E-state index contributed by atoms with van der Waals surface area (Å²) in [5.74, 6) is -0.914. The molecule has 1 aromatic rings. The molecular weight excluding hydrogens is 180 g/mol. The minimum absolute atomic E-state index is 0.431. The summed E-state index contributed by atoms with van der Waals surface area (Å²) in [6, 6.07) is 3.62. The summed E-state index contributed by atoms with van der Waals surface area (Å²) in [5.41, 5.74) is 0.956. The van der Waals surface area contributed by atoms with Crippen LogP contribution in [0.3, 0.4) is 0 Å². The fourth-order valence-electron chi connectivity index (χ4n) is 1.10. The number of carbonyl (C=O) groups excluding carboxylic acids is 2. The van der Waals surface area contributed by atoms with Gasteiger partial charge in [0.2, 0.25) is 5.78 Å². The van der Waals surface area contributed by atoms with Crippen molar-refractivity contribution in [3.63, 3.8) is 0 Å². The van der Waals surface area contributed by atoms with Crippen LogP contribution >= 0.6 is 0 Å². The Morgan fingerprint density at radius 3 is 2.43 bits per heavy atom. The summed E-state index contributed by atoms with van der Waals surface area (Å²) >= 11 is 0. The zero-order chi connectivity index (χ0) is 10.6. The number of nitrogens with zero attached hydrogens (tertiary/aromatic N) is 2. The third-order valence-electron chi connectivity index (χ3n) is 1.82. The predicted octanol–water partition coefficient (Wildman–Crippen LogP) is 0.629. The molecule has 1 aromatic heterocycles. The molecule has 0 aliphatic heterocycles. The Morgan fingerprint density at radius 2 is 1.93 bits per heavy atom. The molecule has 0 aliphatic carbocycles. The monoisotopic (exact) mass is 192 g/mol. The number of aromatic nitrogens is 1. The molecule has 0 saturated heterocycles. The molecule has 0 aliphatic rings. The second-order valence-electron chi connectivity index (χ2n) is 3.07. The molecule has 0 fully saturated rings. The van der Waals surface area contributed by atoms with Crippen LogP contribution in [0.5, 0.6) is 0 Å². The molecule has 0 aromatic carbocycles. The van der Waals surface area contributed by atoms with Gasteiger partial charge in [-0.05, 0) is 17.7 Å². The predicted molar refractivity (Wildman–Crippen MR) is 51.4 cm³/mol. The van der Waals surface area contributed by atoms with Crippen molar-refractivity contribution >= 4 is 11.7 Å². The molecule has 0 unspecified atom stereocenters. The van der Waals surface area contributed by atoms with Gasteiger partial charge in [0.05, 0.1) is 0 Å². The van der Waals surface area contributed by atoms with Crippen LogP contribution in [-0.2, 0) is 16.1 Å². The van der Waals surface area contributed by atoms with Crippen molar-refractivity contribution in [3.8, 4) is 0 Å². The number of ketones is 1. The van der Waals surface area contributed by atoms with Crippen molar-refractivity contribution in [1.82, 2.24) is 9.88 Å². The molecular formula is C10H12N2O2. The van der Waals surface area contributed by atoms with Gasteiger partial charge in [0.25, 0.3) is 5.91 Å². The van der Waals surface area contributed by atoms with Gasteiger partial charge in [-0.25, -0.2) is 0 Å². The minimum atomic E-state index is -0.471. The molecule has 1 heterocycles. The average molecular weight is 192 g/mol. The van der Waals surface area contributed by atoms with Gasteiger partial charge in [-0.1, -0.05) is 0 Å². The lowest BCUT2D eigenvalue weighted by Gasteiger charge is -2.14. The minimum Gasteiger partial charge on any atom is -0.335 e. The van der Waals surface area contributed by atoms with Gasteiger partial charge < -0.3 is 4.90 Å². The van der Waals surface area contributed by atoms with Crippen LogP contribution in [0.15, 0.2) is 24.5 Å². The number of carbonyl (C=O) groups is 2. The Kier molecular flexibility index (Phi) is 3.34. The molecule has 0 spiro atoms. The lowest BCUT2D eigenvalue weighted by atomic mass is 10.2. The highest BCUT2D eigenvalue weighted by atomic mass is 16.2. The Labute approximate surface area is 82.6 Å². The van der Waals surface area contributed by atoms with Crippen molar-refractivity contribution in [3.05, 3.63) is 30.1 Å². The van der Waals surface area contributed by atoms with Gasteiger partial charge >= 0.3 is 0 Å². The molecule has 0 saturated carbocycles. The van der Waals surface area contributed by atoms with Crippen molar-refractivity contribution in [1.29, 1.82) is 0 Å². The maximum Gasteiger partial charge on any atom is 0.289 e. The Hall–Kier alpha value is -1.71. The number of amides is 1. The lowest BCUT2D eigenvalue weighted by molar-refractivity contribution is -0.143. The largest absolute Gasteiger partial charge is 0.335 e. The smallest absolute Gasteiger partial charge is 0.289 e. The zero-order valence-corrected chi connectivity index (χ0v) is 8.23. The fraction of sp³-hybridized carbons (Fsp3) is 0.300. The van der Waals surface area contributed by atoms with E-state index >= 15 is 0 Å². The number of hydrogen-bond donors (Lipinski definition) is 0. The lowest BCUT2D eigenvalue weighted by Crippen LogP contribution is -2.31. The topological polar surface area (TPSA) is 50.3 Å². The highest BCUT2D eigenvalue weighted by molar-refractivity contribution is 6.34. The first-order valence-electron chi connectivity index (χ1n) is 4.26. The summed E-state index contributed by atoms with van der Waals surface area (Å²) in [4.78, 5) is 27.2. The SMILES string of the molecule is CC(=O)C(=O)N(C)Cc1ccncc1. The van der Waals surface area contributed by atoms with Gasteiger partial charge in [-0.2, -0.15) is 0 Å². The number of likely N-dealkylation sites (N-methyl/N-ethyl adjacent to an activating group) is 1. The molecule has 0 bridgehead atoms. The second kappa shape index (κ2) is 4.50. The second-order valence-corrected chi connectivity index (χ2v) is 3.07. The van der Waals surface area contributed by atoms with Gasteiger partial charge in [0, 0.05) is 32.9 Å². The summed E-state index contributed by atoms with van der Waals surface area (Å²) in [6.07, 6.45) is 3.31. The normalized spacial score (nSPS) is 9.57. The van der Waals surface area contributed by atoms with E-state index in [4.69, 9.17) is 0 Å². The Balaban J connectivity index is 2.62. The first-order chi connectivity index (χ1) is 6.61. The van der Waals surface area contributed by atoms with E-state index in [0.29, 0.717) is 6.54 Å². The van der Waals surface area contributed by atoms with E-state index in [1.165, 1.54) is 11.8 Å².